The normalized spacial score (nSPS) is 10.9. The van der Waals surface area contributed by atoms with E-state index in [0.29, 0.717) is 0 Å². The first-order chi connectivity index (χ1) is 10.7. The standard InChI is InChI=1S/C18H27F3O/c1-2-3-4-5-6-7-8-9-10-11-14-22-18-16(20)13-12-15(19)17(18)21/h12-13H,2-11,14H2,1H3. The van der Waals surface area contributed by atoms with E-state index in [9.17, 15) is 13.2 Å². The van der Waals surface area contributed by atoms with Gasteiger partial charge in [-0.3, -0.25) is 0 Å². The van der Waals surface area contributed by atoms with E-state index in [1.807, 2.05) is 0 Å². The highest BCUT2D eigenvalue weighted by Gasteiger charge is 2.14. The molecule has 1 rings (SSSR count). The summed E-state index contributed by atoms with van der Waals surface area (Å²) in [4.78, 5) is 0. The molecule has 22 heavy (non-hydrogen) atoms. The minimum Gasteiger partial charge on any atom is -0.488 e. The van der Waals surface area contributed by atoms with Crippen LogP contribution in [0.3, 0.4) is 0 Å². The second-order valence-electron chi connectivity index (χ2n) is 5.70. The summed E-state index contributed by atoms with van der Waals surface area (Å²) in [6.07, 6.45) is 11.8. The third-order valence-corrected chi connectivity index (χ3v) is 3.75. The van der Waals surface area contributed by atoms with Crippen molar-refractivity contribution in [2.75, 3.05) is 6.61 Å². The van der Waals surface area contributed by atoms with E-state index >= 15 is 0 Å². The summed E-state index contributed by atoms with van der Waals surface area (Å²) < 4.78 is 44.6. The van der Waals surface area contributed by atoms with Gasteiger partial charge in [-0.25, -0.2) is 8.78 Å². The lowest BCUT2D eigenvalue weighted by molar-refractivity contribution is 0.269. The van der Waals surface area contributed by atoms with Gasteiger partial charge in [0, 0.05) is 0 Å². The summed E-state index contributed by atoms with van der Waals surface area (Å²) in [6.45, 7) is 2.43. The molecule has 0 aliphatic heterocycles. The van der Waals surface area contributed by atoms with Gasteiger partial charge in [-0.2, -0.15) is 4.39 Å². The molecule has 0 fully saturated rings. The van der Waals surface area contributed by atoms with E-state index in [1.54, 1.807) is 0 Å². The fourth-order valence-electron chi connectivity index (χ4n) is 2.40. The van der Waals surface area contributed by atoms with Gasteiger partial charge in [0.15, 0.2) is 17.4 Å². The maximum Gasteiger partial charge on any atom is 0.203 e. The molecule has 126 valence electrons. The van der Waals surface area contributed by atoms with Gasteiger partial charge in [-0.15, -0.1) is 0 Å². The van der Waals surface area contributed by atoms with Crippen LogP contribution < -0.4 is 4.74 Å². The first-order valence-electron chi connectivity index (χ1n) is 8.43. The molecular weight excluding hydrogens is 289 g/mol. The molecule has 4 heteroatoms. The van der Waals surface area contributed by atoms with E-state index in [0.717, 1.165) is 31.4 Å². The van der Waals surface area contributed by atoms with Crippen LogP contribution >= 0.6 is 0 Å². The molecule has 0 bridgehead atoms. The van der Waals surface area contributed by atoms with E-state index < -0.39 is 23.2 Å². The minimum absolute atomic E-state index is 0.216. The highest BCUT2D eigenvalue weighted by Crippen LogP contribution is 2.24. The van der Waals surface area contributed by atoms with Crippen LogP contribution in [0.4, 0.5) is 13.2 Å². The van der Waals surface area contributed by atoms with Gasteiger partial charge in [0.2, 0.25) is 5.82 Å². The third-order valence-electron chi connectivity index (χ3n) is 3.75. The van der Waals surface area contributed by atoms with Crippen LogP contribution in [0.25, 0.3) is 0 Å². The second kappa shape index (κ2) is 11.4. The van der Waals surface area contributed by atoms with Crippen molar-refractivity contribution in [3.8, 4) is 5.75 Å². The molecule has 0 amide bonds. The average molecular weight is 316 g/mol. The quantitative estimate of drug-likeness (QED) is 0.320. The van der Waals surface area contributed by atoms with Gasteiger partial charge in [0.05, 0.1) is 6.61 Å². The van der Waals surface area contributed by atoms with Crippen LogP contribution in [0.5, 0.6) is 5.75 Å². The van der Waals surface area contributed by atoms with E-state index in [1.165, 1.54) is 44.9 Å². The molecule has 0 spiro atoms. The number of rotatable bonds is 12. The summed E-state index contributed by atoms with van der Waals surface area (Å²) in [5.41, 5.74) is 0. The zero-order valence-electron chi connectivity index (χ0n) is 13.5. The largest absolute Gasteiger partial charge is 0.488 e. The van der Waals surface area contributed by atoms with Crippen molar-refractivity contribution < 1.29 is 17.9 Å². The Bertz CT molecular complexity index is 421. The molecule has 1 aromatic rings. The van der Waals surface area contributed by atoms with Crippen molar-refractivity contribution in [3.63, 3.8) is 0 Å². The predicted octanol–water partition coefficient (Wildman–Crippen LogP) is 6.40. The first kappa shape index (κ1) is 18.9. The highest BCUT2D eigenvalue weighted by atomic mass is 19.2. The zero-order valence-corrected chi connectivity index (χ0v) is 13.5. The second-order valence-corrected chi connectivity index (χ2v) is 5.70. The van der Waals surface area contributed by atoms with Crippen LogP contribution in [-0.2, 0) is 0 Å². The average Bonchev–Trinajstić information content (AvgIpc) is 2.51. The van der Waals surface area contributed by atoms with E-state index in [-0.39, 0.29) is 6.61 Å². The third kappa shape index (κ3) is 7.19. The van der Waals surface area contributed by atoms with Gasteiger partial charge in [-0.05, 0) is 18.6 Å². The Hall–Kier alpha value is -1.19. The summed E-state index contributed by atoms with van der Waals surface area (Å²) in [7, 11) is 0. The molecule has 0 heterocycles. The molecule has 0 radical (unpaired) electrons. The van der Waals surface area contributed by atoms with Gasteiger partial charge in [0.1, 0.15) is 0 Å². The Morgan fingerprint density at radius 1 is 0.727 bits per heavy atom. The molecule has 0 aromatic heterocycles. The molecule has 0 aliphatic carbocycles. The van der Waals surface area contributed by atoms with E-state index in [2.05, 4.69) is 6.92 Å². The first-order valence-corrected chi connectivity index (χ1v) is 8.43. The molecule has 0 aliphatic rings. The summed E-state index contributed by atoms with van der Waals surface area (Å²) in [5, 5.41) is 0. The Morgan fingerprint density at radius 3 is 1.82 bits per heavy atom. The lowest BCUT2D eigenvalue weighted by Gasteiger charge is -2.08. The summed E-state index contributed by atoms with van der Waals surface area (Å²) >= 11 is 0. The molecular formula is C18H27F3O. The van der Waals surface area contributed by atoms with Crippen LogP contribution in [-0.4, -0.2) is 6.61 Å². The predicted molar refractivity (Wildman–Crippen MR) is 83.7 cm³/mol. The van der Waals surface area contributed by atoms with Gasteiger partial charge >= 0.3 is 0 Å². The van der Waals surface area contributed by atoms with Crippen molar-refractivity contribution in [1.29, 1.82) is 0 Å². The Labute approximate surface area is 131 Å². The van der Waals surface area contributed by atoms with Crippen molar-refractivity contribution in [2.24, 2.45) is 0 Å². The Balaban J connectivity index is 2.03. The number of hydrogen-bond donors (Lipinski definition) is 0. The minimum atomic E-state index is -1.24. The molecule has 0 atom stereocenters. The number of benzene rings is 1. The number of hydrogen-bond acceptors (Lipinski definition) is 1. The maximum atomic E-state index is 13.3. The van der Waals surface area contributed by atoms with E-state index in [4.69, 9.17) is 4.74 Å². The molecule has 0 saturated carbocycles. The number of ether oxygens (including phenoxy) is 1. The lowest BCUT2D eigenvalue weighted by atomic mass is 10.1. The maximum absolute atomic E-state index is 13.3. The summed E-state index contributed by atoms with van der Waals surface area (Å²) in [6, 6.07) is 1.64. The molecule has 1 nitrogen and oxygen atoms in total. The topological polar surface area (TPSA) is 9.23 Å². The van der Waals surface area contributed by atoms with Crippen molar-refractivity contribution in [2.45, 2.75) is 71.1 Å². The zero-order chi connectivity index (χ0) is 16.2. The molecule has 0 unspecified atom stereocenters. The number of unbranched alkanes of at least 4 members (excludes halogenated alkanes) is 9. The Morgan fingerprint density at radius 2 is 1.23 bits per heavy atom. The highest BCUT2D eigenvalue weighted by molar-refractivity contribution is 5.27. The van der Waals surface area contributed by atoms with Gasteiger partial charge < -0.3 is 4.74 Å². The monoisotopic (exact) mass is 316 g/mol. The Kier molecular flexibility index (Phi) is 9.76. The SMILES string of the molecule is CCCCCCCCCCCCOc1c(F)ccc(F)c1F. The smallest absolute Gasteiger partial charge is 0.203 e. The van der Waals surface area contributed by atoms with Gasteiger partial charge in [0.25, 0.3) is 0 Å². The fourth-order valence-corrected chi connectivity index (χ4v) is 2.40. The molecule has 0 saturated heterocycles. The van der Waals surface area contributed by atoms with Gasteiger partial charge in [-0.1, -0.05) is 64.7 Å². The van der Waals surface area contributed by atoms with Crippen molar-refractivity contribution in [1.82, 2.24) is 0 Å². The fraction of sp³-hybridized carbons (Fsp3) is 0.667. The van der Waals surface area contributed by atoms with Crippen molar-refractivity contribution >= 4 is 0 Å². The summed E-state index contributed by atoms with van der Waals surface area (Å²) in [5.74, 6) is -3.78. The molecule has 1 aromatic carbocycles. The van der Waals surface area contributed by atoms with Crippen LogP contribution in [0.2, 0.25) is 0 Å². The lowest BCUT2D eigenvalue weighted by Crippen LogP contribution is -2.03. The van der Waals surface area contributed by atoms with Crippen LogP contribution in [0, 0.1) is 17.5 Å². The van der Waals surface area contributed by atoms with Crippen molar-refractivity contribution in [3.05, 3.63) is 29.6 Å². The number of halogens is 3. The van der Waals surface area contributed by atoms with Crippen LogP contribution in [0.1, 0.15) is 71.1 Å². The molecule has 0 N–H and O–H groups in total. The van der Waals surface area contributed by atoms with Crippen LogP contribution in [0.15, 0.2) is 12.1 Å².